The third-order valence-electron chi connectivity index (χ3n) is 1.88. The van der Waals surface area contributed by atoms with Crippen molar-refractivity contribution < 1.29 is 4.79 Å². The van der Waals surface area contributed by atoms with E-state index in [-0.39, 0.29) is 12.5 Å². The third kappa shape index (κ3) is 3.29. The van der Waals surface area contributed by atoms with E-state index in [0.29, 0.717) is 10.6 Å². The third-order valence-corrected chi connectivity index (χ3v) is 2.02. The van der Waals surface area contributed by atoms with Crippen LogP contribution in [0.2, 0.25) is 0 Å². The van der Waals surface area contributed by atoms with Crippen LogP contribution in [-0.4, -0.2) is 19.5 Å². The van der Waals surface area contributed by atoms with Gasteiger partial charge in [-0.2, -0.15) is 0 Å². The molecule has 0 aliphatic heterocycles. The van der Waals surface area contributed by atoms with E-state index in [1.165, 1.54) is 0 Å². The molecule has 0 saturated carbocycles. The number of benzene rings is 1. The van der Waals surface area contributed by atoms with E-state index in [4.69, 9.17) is 11.6 Å². The molecule has 15 heavy (non-hydrogen) atoms. The Morgan fingerprint density at radius 3 is 2.73 bits per heavy atom. The molecule has 1 aromatic rings. The Morgan fingerprint density at radius 2 is 2.13 bits per heavy atom. The van der Waals surface area contributed by atoms with Crippen molar-refractivity contribution in [3.05, 3.63) is 41.4 Å². The van der Waals surface area contributed by atoms with Gasteiger partial charge in [0.25, 0.3) is 5.91 Å². The van der Waals surface area contributed by atoms with Crippen molar-refractivity contribution in [2.75, 3.05) is 18.9 Å². The highest BCUT2D eigenvalue weighted by Gasteiger charge is 2.08. The minimum atomic E-state index is -0.165. The van der Waals surface area contributed by atoms with Gasteiger partial charge in [0, 0.05) is 17.8 Å². The van der Waals surface area contributed by atoms with Crippen LogP contribution >= 0.6 is 11.6 Å². The lowest BCUT2D eigenvalue weighted by atomic mass is 10.1. The van der Waals surface area contributed by atoms with Crippen molar-refractivity contribution >= 4 is 23.2 Å². The summed E-state index contributed by atoms with van der Waals surface area (Å²) in [6.45, 7) is 3.77. The Morgan fingerprint density at radius 1 is 1.47 bits per heavy atom. The van der Waals surface area contributed by atoms with Gasteiger partial charge in [0.2, 0.25) is 0 Å². The van der Waals surface area contributed by atoms with Crippen LogP contribution in [0.25, 0.3) is 0 Å². The zero-order valence-electron chi connectivity index (χ0n) is 8.51. The predicted octanol–water partition coefficient (Wildman–Crippen LogP) is 2.21. The number of carbonyl (C=O) groups excluding carboxylic acids is 1. The monoisotopic (exact) mass is 224 g/mol. The number of hydrogen-bond donors (Lipinski definition) is 2. The fourth-order valence-corrected chi connectivity index (χ4v) is 1.24. The molecule has 0 saturated heterocycles. The van der Waals surface area contributed by atoms with Crippen LogP contribution in [0.3, 0.4) is 0 Å². The first-order valence-electron chi connectivity index (χ1n) is 4.53. The van der Waals surface area contributed by atoms with E-state index in [9.17, 15) is 4.79 Å². The Hall–Kier alpha value is -1.48. The zero-order chi connectivity index (χ0) is 11.3. The van der Waals surface area contributed by atoms with Crippen LogP contribution in [-0.2, 0) is 0 Å². The molecule has 0 aliphatic carbocycles. The van der Waals surface area contributed by atoms with E-state index in [1.54, 1.807) is 13.1 Å². The Labute approximate surface area is 94.1 Å². The molecule has 0 bridgehead atoms. The second-order valence-electron chi connectivity index (χ2n) is 3.00. The molecule has 80 valence electrons. The van der Waals surface area contributed by atoms with Gasteiger partial charge in [-0.15, -0.1) is 0 Å². The standard InChI is InChI=1S/C11H13ClN2O/c1-8(12)7-14-11(15)9-5-3-4-6-10(9)13-2/h3-6,13H,1,7H2,2H3,(H,14,15). The van der Waals surface area contributed by atoms with Crippen LogP contribution in [0.5, 0.6) is 0 Å². The van der Waals surface area contributed by atoms with Gasteiger partial charge in [0.1, 0.15) is 0 Å². The van der Waals surface area contributed by atoms with Crippen molar-refractivity contribution in [1.82, 2.24) is 5.32 Å². The van der Waals surface area contributed by atoms with E-state index in [0.717, 1.165) is 5.69 Å². The van der Waals surface area contributed by atoms with E-state index < -0.39 is 0 Å². The molecule has 4 heteroatoms. The molecule has 0 fully saturated rings. The number of para-hydroxylation sites is 1. The highest BCUT2D eigenvalue weighted by molar-refractivity contribution is 6.29. The van der Waals surface area contributed by atoms with Crippen molar-refractivity contribution in [1.29, 1.82) is 0 Å². The van der Waals surface area contributed by atoms with Gasteiger partial charge in [0.05, 0.1) is 12.1 Å². The first kappa shape index (κ1) is 11.6. The number of carbonyl (C=O) groups is 1. The first-order valence-corrected chi connectivity index (χ1v) is 4.91. The average molecular weight is 225 g/mol. The maximum Gasteiger partial charge on any atom is 0.253 e. The molecule has 3 nitrogen and oxygen atoms in total. The molecule has 2 N–H and O–H groups in total. The zero-order valence-corrected chi connectivity index (χ0v) is 9.27. The van der Waals surface area contributed by atoms with Gasteiger partial charge < -0.3 is 10.6 Å². The molecule has 0 aromatic heterocycles. The topological polar surface area (TPSA) is 41.1 Å². The number of anilines is 1. The fourth-order valence-electron chi connectivity index (χ4n) is 1.17. The molecule has 0 aliphatic rings. The summed E-state index contributed by atoms with van der Waals surface area (Å²) in [5, 5.41) is 6.02. The number of hydrogen-bond acceptors (Lipinski definition) is 2. The molecular weight excluding hydrogens is 212 g/mol. The summed E-state index contributed by atoms with van der Waals surface area (Å²) in [6.07, 6.45) is 0. The van der Waals surface area contributed by atoms with Gasteiger partial charge in [-0.25, -0.2) is 0 Å². The molecular formula is C11H13ClN2O. The summed E-state index contributed by atoms with van der Waals surface area (Å²) in [7, 11) is 1.77. The van der Waals surface area contributed by atoms with Crippen LogP contribution in [0.1, 0.15) is 10.4 Å². The SMILES string of the molecule is C=C(Cl)CNC(=O)c1ccccc1NC. The van der Waals surface area contributed by atoms with Crippen LogP contribution in [0.4, 0.5) is 5.69 Å². The molecule has 0 heterocycles. The first-order chi connectivity index (χ1) is 7.15. The highest BCUT2D eigenvalue weighted by Crippen LogP contribution is 2.13. The van der Waals surface area contributed by atoms with Gasteiger partial charge in [-0.1, -0.05) is 30.3 Å². The number of nitrogens with one attached hydrogen (secondary N) is 2. The lowest BCUT2D eigenvalue weighted by molar-refractivity contribution is 0.0958. The van der Waals surface area contributed by atoms with Crippen LogP contribution in [0, 0.1) is 0 Å². The van der Waals surface area contributed by atoms with Gasteiger partial charge in [-0.05, 0) is 12.1 Å². The Bertz CT molecular complexity index is 377. The molecule has 1 amide bonds. The Balaban J connectivity index is 2.77. The molecule has 0 atom stereocenters. The molecule has 1 rings (SSSR count). The van der Waals surface area contributed by atoms with Gasteiger partial charge >= 0.3 is 0 Å². The van der Waals surface area contributed by atoms with E-state index in [1.807, 2.05) is 18.2 Å². The normalized spacial score (nSPS) is 9.47. The summed E-state index contributed by atoms with van der Waals surface area (Å²) in [5.41, 5.74) is 1.38. The fraction of sp³-hybridized carbons (Fsp3) is 0.182. The van der Waals surface area contributed by atoms with Crippen molar-refractivity contribution in [3.63, 3.8) is 0 Å². The summed E-state index contributed by atoms with van der Waals surface area (Å²) in [5.74, 6) is -0.165. The molecule has 0 unspecified atom stereocenters. The lowest BCUT2D eigenvalue weighted by Crippen LogP contribution is -2.25. The second-order valence-corrected chi connectivity index (χ2v) is 3.53. The summed E-state index contributed by atoms with van der Waals surface area (Å²) in [6, 6.07) is 7.26. The molecule has 1 aromatic carbocycles. The minimum absolute atomic E-state index is 0.165. The van der Waals surface area contributed by atoms with Crippen molar-refractivity contribution in [2.45, 2.75) is 0 Å². The maximum absolute atomic E-state index is 11.7. The largest absolute Gasteiger partial charge is 0.387 e. The number of rotatable bonds is 4. The molecule has 0 spiro atoms. The number of amides is 1. The van der Waals surface area contributed by atoms with Crippen molar-refractivity contribution in [2.24, 2.45) is 0 Å². The summed E-state index contributed by atoms with van der Waals surface area (Å²) < 4.78 is 0. The minimum Gasteiger partial charge on any atom is -0.387 e. The average Bonchev–Trinajstić information content (AvgIpc) is 2.25. The quantitative estimate of drug-likeness (QED) is 0.824. The van der Waals surface area contributed by atoms with Crippen LogP contribution < -0.4 is 10.6 Å². The summed E-state index contributed by atoms with van der Waals surface area (Å²) >= 11 is 5.56. The summed E-state index contributed by atoms with van der Waals surface area (Å²) in [4.78, 5) is 11.7. The van der Waals surface area contributed by atoms with Gasteiger partial charge in [-0.3, -0.25) is 4.79 Å². The smallest absolute Gasteiger partial charge is 0.253 e. The highest BCUT2D eigenvalue weighted by atomic mass is 35.5. The number of halogens is 1. The van der Waals surface area contributed by atoms with Crippen LogP contribution in [0.15, 0.2) is 35.9 Å². The predicted molar refractivity (Wildman–Crippen MR) is 63.3 cm³/mol. The maximum atomic E-state index is 11.7. The van der Waals surface area contributed by atoms with E-state index >= 15 is 0 Å². The molecule has 0 radical (unpaired) electrons. The van der Waals surface area contributed by atoms with Gasteiger partial charge in [0.15, 0.2) is 0 Å². The van der Waals surface area contributed by atoms with Crippen molar-refractivity contribution in [3.8, 4) is 0 Å². The van der Waals surface area contributed by atoms with E-state index in [2.05, 4.69) is 17.2 Å². The second kappa shape index (κ2) is 5.41. The Kier molecular flexibility index (Phi) is 4.18. The lowest BCUT2D eigenvalue weighted by Gasteiger charge is -2.08.